The Balaban J connectivity index is 0.712. The van der Waals surface area contributed by atoms with Crippen LogP contribution in [0.25, 0.3) is 44.1 Å². The van der Waals surface area contributed by atoms with Crippen LogP contribution >= 0.6 is 0 Å². The Labute approximate surface area is 539 Å². The van der Waals surface area contributed by atoms with Gasteiger partial charge >= 0.3 is 6.09 Å². The van der Waals surface area contributed by atoms with Gasteiger partial charge in [-0.05, 0) is 103 Å². The minimum absolute atomic E-state index is 0.0206. The number of aromatic amines is 1. The molecular formula is C72H78N12O9. The van der Waals surface area contributed by atoms with Gasteiger partial charge in [0.05, 0.1) is 43.6 Å². The summed E-state index contributed by atoms with van der Waals surface area (Å²) in [6.45, 7) is 4.59. The van der Waals surface area contributed by atoms with E-state index in [2.05, 4.69) is 65.6 Å². The maximum atomic E-state index is 13.9. The van der Waals surface area contributed by atoms with Crippen LogP contribution in [0.15, 0.2) is 151 Å². The summed E-state index contributed by atoms with van der Waals surface area (Å²) in [7, 11) is 1.74. The van der Waals surface area contributed by atoms with Gasteiger partial charge in [0, 0.05) is 85.9 Å². The zero-order valence-corrected chi connectivity index (χ0v) is 52.4. The highest BCUT2D eigenvalue weighted by Gasteiger charge is 2.45. The van der Waals surface area contributed by atoms with Crippen molar-refractivity contribution < 1.29 is 38.2 Å². The molecule has 480 valence electrons. The van der Waals surface area contributed by atoms with E-state index in [-0.39, 0.29) is 49.5 Å². The van der Waals surface area contributed by atoms with Crippen molar-refractivity contribution in [2.45, 2.75) is 87.1 Å². The van der Waals surface area contributed by atoms with Gasteiger partial charge in [0.1, 0.15) is 31.4 Å². The number of aryl methyl sites for hydroxylation is 1. The van der Waals surface area contributed by atoms with Gasteiger partial charge in [0.2, 0.25) is 29.6 Å². The van der Waals surface area contributed by atoms with Crippen molar-refractivity contribution in [2.75, 3.05) is 77.2 Å². The van der Waals surface area contributed by atoms with E-state index in [1.807, 2.05) is 134 Å². The first kappa shape index (κ1) is 63.4. The Hall–Kier alpha value is -9.72. The Morgan fingerprint density at radius 2 is 1.41 bits per heavy atom. The lowest BCUT2D eigenvalue weighted by Gasteiger charge is -2.45. The molecule has 2 saturated heterocycles. The fourth-order valence-corrected chi connectivity index (χ4v) is 13.1. The van der Waals surface area contributed by atoms with Gasteiger partial charge in [-0.25, -0.2) is 14.8 Å². The molecule has 5 aromatic carbocycles. The average molecular weight is 1260 g/mol. The monoisotopic (exact) mass is 1250 g/mol. The van der Waals surface area contributed by atoms with E-state index in [0.717, 1.165) is 120 Å². The molecule has 0 bridgehead atoms. The van der Waals surface area contributed by atoms with E-state index < -0.39 is 61.0 Å². The van der Waals surface area contributed by atoms with Crippen LogP contribution in [0.4, 0.5) is 10.7 Å². The van der Waals surface area contributed by atoms with E-state index >= 15 is 0 Å². The van der Waals surface area contributed by atoms with Crippen molar-refractivity contribution in [1.29, 1.82) is 0 Å². The number of carbonyl (C=O) groups excluding carboxylic acids is 5. The predicted molar refractivity (Wildman–Crippen MR) is 355 cm³/mol. The van der Waals surface area contributed by atoms with Crippen molar-refractivity contribution in [3.8, 4) is 34.6 Å². The number of benzene rings is 5. The average Bonchev–Trinajstić information content (AvgIpc) is 1.55. The van der Waals surface area contributed by atoms with Gasteiger partial charge in [0.15, 0.2) is 5.60 Å². The molecule has 3 fully saturated rings. The lowest BCUT2D eigenvalue weighted by Crippen LogP contribution is -2.55. The molecule has 8 aromatic rings. The van der Waals surface area contributed by atoms with Crippen LogP contribution in [0.2, 0.25) is 0 Å². The van der Waals surface area contributed by atoms with Gasteiger partial charge in [-0.1, -0.05) is 121 Å². The van der Waals surface area contributed by atoms with Crippen molar-refractivity contribution in [2.24, 2.45) is 7.05 Å². The number of rotatable bonds is 25. The molecule has 21 nitrogen and oxygen atoms in total. The largest absolute Gasteiger partial charge is 0.449 e. The summed E-state index contributed by atoms with van der Waals surface area (Å²) in [5.74, 6) is 0.614. The van der Waals surface area contributed by atoms with Crippen LogP contribution in [0, 0.1) is 12.3 Å². The summed E-state index contributed by atoms with van der Waals surface area (Å²) in [6, 6.07) is 42.1. The normalized spacial score (nSPS) is 16.5. The fourth-order valence-electron chi connectivity index (χ4n) is 13.1. The molecule has 4 aliphatic rings. The molecule has 0 unspecified atom stereocenters. The van der Waals surface area contributed by atoms with Gasteiger partial charge in [-0.2, -0.15) is 0 Å². The van der Waals surface area contributed by atoms with Crippen LogP contribution in [-0.2, 0) is 52.5 Å². The molecule has 3 aromatic heterocycles. The number of ether oxygens (including phenoxy) is 3. The van der Waals surface area contributed by atoms with Crippen molar-refractivity contribution in [1.82, 2.24) is 56.3 Å². The second-order valence-corrected chi connectivity index (χ2v) is 24.8. The standard InChI is InChI=1S/C72H78N12O9/c1-4-32-78-71(2)30-36-83(37-31-71)50-28-34-84(35-29-50)69-80-60-26-23-48(58-43-82(3)68(89)65-56(58)27-33-73-65)39-57(60)66(81-69)72(93-51-24-25-51,49-17-9-6-10-18-49)45-91-46-77-63(86)40-75-67(88)61(38-47-15-7-5-8-16-47)79-64(87)42-74-62(85)41-76-70(90)92-44-59-54-21-13-11-19-52(54)53-20-12-14-22-55(53)59/h1,5-23,26-27,33,39,43,50-51,59,61,73,78H,24-25,28-32,34-38,40-42,44-46H2,2-3H3,(H,74,85)(H,75,88)(H,76,90)(H,77,86)(H,79,87)/t61-,72-/m0/s1. The van der Waals surface area contributed by atoms with Crippen LogP contribution in [0.1, 0.15) is 79.3 Å². The zero-order valence-electron chi connectivity index (χ0n) is 52.4. The number of likely N-dealkylation sites (tertiary alicyclic amines) is 1. The number of anilines is 1. The number of H-pyrrole nitrogens is 1. The molecule has 0 radical (unpaired) electrons. The number of pyridine rings is 1. The van der Waals surface area contributed by atoms with Crippen molar-refractivity contribution in [3.05, 3.63) is 184 Å². The van der Waals surface area contributed by atoms with Crippen LogP contribution in [0.3, 0.4) is 0 Å². The highest BCUT2D eigenvalue weighted by Crippen LogP contribution is 2.46. The van der Waals surface area contributed by atoms with Gasteiger partial charge in [-0.3, -0.25) is 24.0 Å². The quantitative estimate of drug-likeness (QED) is 0.0182. The highest BCUT2D eigenvalue weighted by molar-refractivity contribution is 5.98. The molecule has 5 amide bonds. The SMILES string of the molecule is C#CCNC1(C)CCN(C2CCN(c3nc([C@@](COCNC(=O)CNC(=O)[C@H](Cc4ccccc4)NC(=O)CNC(=O)CNC(=O)OCC4c5ccccc5-c5ccccc54)(OC4CC4)c4ccccc4)c4cc(-c5cn(C)c(=O)c6[nH]ccc56)ccc4n3)CC2)CC1. The Morgan fingerprint density at radius 3 is 2.12 bits per heavy atom. The number of aromatic nitrogens is 4. The van der Waals surface area contributed by atoms with E-state index in [1.165, 1.54) is 0 Å². The summed E-state index contributed by atoms with van der Waals surface area (Å²) >= 11 is 0. The Bertz CT molecular complexity index is 4090. The van der Waals surface area contributed by atoms with E-state index in [9.17, 15) is 28.8 Å². The Morgan fingerprint density at radius 1 is 0.742 bits per heavy atom. The maximum absolute atomic E-state index is 13.9. The third kappa shape index (κ3) is 14.6. The number of hydrogen-bond donors (Lipinski definition) is 7. The van der Waals surface area contributed by atoms with E-state index in [0.29, 0.717) is 35.3 Å². The Kier molecular flexibility index (Phi) is 19.4. The second kappa shape index (κ2) is 28.4. The molecule has 93 heavy (non-hydrogen) atoms. The predicted octanol–water partition coefficient (Wildman–Crippen LogP) is 6.53. The number of fused-ring (bicyclic) bond motifs is 5. The first-order chi connectivity index (χ1) is 45.2. The van der Waals surface area contributed by atoms with Crippen LogP contribution < -0.4 is 42.4 Å². The minimum atomic E-state index is -1.34. The molecule has 12 rings (SSSR count). The second-order valence-electron chi connectivity index (χ2n) is 24.8. The molecule has 2 aliphatic heterocycles. The summed E-state index contributed by atoms with van der Waals surface area (Å²) in [6.07, 6.45) is 13.9. The van der Waals surface area contributed by atoms with Crippen LogP contribution in [-0.4, -0.2) is 150 Å². The molecule has 21 heteroatoms. The maximum Gasteiger partial charge on any atom is 0.407 e. The number of nitrogens with zero attached hydrogens (tertiary/aromatic N) is 5. The summed E-state index contributed by atoms with van der Waals surface area (Å²) in [5.41, 5.74) is 7.79. The third-order valence-corrected chi connectivity index (χ3v) is 18.4. The molecule has 1 saturated carbocycles. The number of hydrogen-bond acceptors (Lipinski definition) is 14. The molecule has 0 spiro atoms. The first-order valence-electron chi connectivity index (χ1n) is 32.0. The number of piperidine rings is 2. The van der Waals surface area contributed by atoms with Crippen molar-refractivity contribution >= 4 is 57.5 Å². The lowest BCUT2D eigenvalue weighted by atomic mass is 9.87. The van der Waals surface area contributed by atoms with Gasteiger partial charge < -0.3 is 65.5 Å². The summed E-state index contributed by atoms with van der Waals surface area (Å²) < 4.78 is 20.9. The molecular weight excluding hydrogens is 1180 g/mol. The fraction of sp³-hybridized carbons (Fsp3) is 0.361. The number of alkyl carbamates (subject to hydrolysis) is 1. The van der Waals surface area contributed by atoms with Gasteiger partial charge in [0.25, 0.3) is 5.56 Å². The molecule has 2 aliphatic carbocycles. The number of nitrogens with one attached hydrogen (secondary N) is 7. The van der Waals surface area contributed by atoms with E-state index in [4.69, 9.17) is 30.6 Å². The van der Waals surface area contributed by atoms with Crippen LogP contribution in [0.5, 0.6) is 0 Å². The molecule has 5 heterocycles. The summed E-state index contributed by atoms with van der Waals surface area (Å²) in [4.78, 5) is 98.8. The number of carbonyl (C=O) groups is 5. The molecule has 2 atom stereocenters. The van der Waals surface area contributed by atoms with E-state index in [1.54, 1.807) is 17.8 Å². The van der Waals surface area contributed by atoms with Crippen molar-refractivity contribution in [3.63, 3.8) is 0 Å². The van der Waals surface area contributed by atoms with Gasteiger partial charge in [-0.15, -0.1) is 6.42 Å². The third-order valence-electron chi connectivity index (χ3n) is 18.4. The first-order valence-corrected chi connectivity index (χ1v) is 32.0. The highest BCUT2D eigenvalue weighted by atomic mass is 16.6. The number of amides is 5. The zero-order chi connectivity index (χ0) is 64.5. The topological polar surface area (TPSA) is 255 Å². The minimum Gasteiger partial charge on any atom is -0.449 e. The number of terminal acetylenes is 1. The lowest BCUT2D eigenvalue weighted by molar-refractivity contribution is -0.131. The molecule has 7 N–H and O–H groups in total. The smallest absolute Gasteiger partial charge is 0.407 e. The summed E-state index contributed by atoms with van der Waals surface area (Å²) in [5, 5.41) is 18.2.